The first-order chi connectivity index (χ1) is 13.0. The van der Waals surface area contributed by atoms with Crippen LogP contribution in [0, 0.1) is 18.3 Å². The molecular weight excluding hydrogens is 360 g/mol. The second-order valence-corrected chi connectivity index (χ2v) is 9.20. The first-order valence-electron chi connectivity index (χ1n) is 9.14. The highest BCUT2D eigenvalue weighted by molar-refractivity contribution is 7.15. The number of hydrogen-bond donors (Lipinski definition) is 0. The van der Waals surface area contributed by atoms with Gasteiger partial charge in [0.2, 0.25) is 5.82 Å². The lowest BCUT2D eigenvalue weighted by Crippen LogP contribution is -1.99. The van der Waals surface area contributed by atoms with Crippen LogP contribution in [0.1, 0.15) is 35.8 Å². The molecule has 0 N–H and O–H groups in total. The molecule has 2 heterocycles. The predicted octanol–water partition coefficient (Wildman–Crippen LogP) is 5.09. The molecule has 1 saturated carbocycles. The van der Waals surface area contributed by atoms with Gasteiger partial charge in [-0.15, -0.1) is 11.3 Å². The summed E-state index contributed by atoms with van der Waals surface area (Å²) < 4.78 is 16.4. The van der Waals surface area contributed by atoms with E-state index in [4.69, 9.17) is 19.0 Å². The lowest BCUT2D eigenvalue weighted by atomic mass is 9.95. The van der Waals surface area contributed by atoms with Crippen molar-refractivity contribution in [2.75, 3.05) is 14.2 Å². The Morgan fingerprint density at radius 3 is 2.78 bits per heavy atom. The van der Waals surface area contributed by atoms with E-state index in [2.05, 4.69) is 25.9 Å². The van der Waals surface area contributed by atoms with E-state index in [1.807, 2.05) is 18.2 Å². The molecule has 0 aliphatic heterocycles. The Bertz CT molecular complexity index is 1050. The average molecular weight is 382 g/mol. The molecule has 3 aromatic rings. The second-order valence-electron chi connectivity index (χ2n) is 7.98. The quantitative estimate of drug-likeness (QED) is 0.629. The maximum absolute atomic E-state index is 5.66. The van der Waals surface area contributed by atoms with Crippen molar-refractivity contribution in [1.82, 2.24) is 10.1 Å². The predicted molar refractivity (Wildman–Crippen MR) is 105 cm³/mol. The largest absolute Gasteiger partial charge is 0.497 e. The van der Waals surface area contributed by atoms with Gasteiger partial charge in [0.05, 0.1) is 24.7 Å². The van der Waals surface area contributed by atoms with Crippen LogP contribution in [-0.2, 0) is 6.42 Å². The summed E-state index contributed by atoms with van der Waals surface area (Å²) in [6.07, 6.45) is 1.12. The summed E-state index contributed by atoms with van der Waals surface area (Å²) in [5, 5.41) is 4.22. The zero-order valence-electron chi connectivity index (χ0n) is 16.1. The molecule has 2 aliphatic rings. The molecule has 1 aromatic carbocycles. The molecule has 0 bridgehead atoms. The van der Waals surface area contributed by atoms with Gasteiger partial charge in [0.15, 0.2) is 0 Å². The normalized spacial score (nSPS) is 21.7. The molecule has 140 valence electrons. The molecule has 2 atom stereocenters. The maximum Gasteiger partial charge on any atom is 0.268 e. The van der Waals surface area contributed by atoms with Gasteiger partial charge >= 0.3 is 0 Å². The third-order valence-corrected chi connectivity index (χ3v) is 7.44. The first-order valence-corrected chi connectivity index (χ1v) is 9.96. The van der Waals surface area contributed by atoms with Crippen molar-refractivity contribution in [3.63, 3.8) is 0 Å². The van der Waals surface area contributed by atoms with Crippen LogP contribution in [0.15, 0.2) is 22.7 Å². The van der Waals surface area contributed by atoms with Crippen molar-refractivity contribution in [3.8, 4) is 33.7 Å². The Hall–Kier alpha value is -2.34. The highest BCUT2D eigenvalue weighted by atomic mass is 32.1. The van der Waals surface area contributed by atoms with E-state index in [0.29, 0.717) is 28.8 Å². The third kappa shape index (κ3) is 2.29. The Morgan fingerprint density at radius 2 is 2.04 bits per heavy atom. The summed E-state index contributed by atoms with van der Waals surface area (Å²) in [6, 6.07) is 5.60. The smallest absolute Gasteiger partial charge is 0.268 e. The van der Waals surface area contributed by atoms with Crippen molar-refractivity contribution < 1.29 is 14.0 Å². The Morgan fingerprint density at radius 1 is 1.22 bits per heavy atom. The molecule has 2 aromatic heterocycles. The molecule has 0 unspecified atom stereocenters. The zero-order chi connectivity index (χ0) is 18.9. The molecule has 0 saturated heterocycles. The van der Waals surface area contributed by atoms with E-state index >= 15 is 0 Å². The molecule has 5 rings (SSSR count). The number of aromatic nitrogens is 2. The van der Waals surface area contributed by atoms with Crippen molar-refractivity contribution in [1.29, 1.82) is 0 Å². The van der Waals surface area contributed by atoms with Gasteiger partial charge in [0, 0.05) is 10.9 Å². The summed E-state index contributed by atoms with van der Waals surface area (Å²) in [4.78, 5) is 7.22. The monoisotopic (exact) mass is 382 g/mol. The number of thiophene rings is 1. The van der Waals surface area contributed by atoms with Crippen LogP contribution in [0.25, 0.3) is 22.2 Å². The summed E-state index contributed by atoms with van der Waals surface area (Å²) in [7, 11) is 3.26. The molecule has 1 fully saturated rings. The molecule has 2 aliphatic carbocycles. The number of nitrogens with zero attached hydrogens (tertiary/aromatic N) is 2. The van der Waals surface area contributed by atoms with Gasteiger partial charge in [-0.1, -0.05) is 19.0 Å². The van der Waals surface area contributed by atoms with Gasteiger partial charge in [0.25, 0.3) is 5.89 Å². The molecule has 6 heteroatoms. The fraction of sp³-hybridized carbons (Fsp3) is 0.429. The summed E-state index contributed by atoms with van der Waals surface area (Å²) in [5.74, 6) is 3.99. The summed E-state index contributed by atoms with van der Waals surface area (Å²) >= 11 is 1.78. The van der Waals surface area contributed by atoms with Gasteiger partial charge in [-0.25, -0.2) is 0 Å². The zero-order valence-corrected chi connectivity index (χ0v) is 16.9. The minimum Gasteiger partial charge on any atom is -0.497 e. The minimum absolute atomic E-state index is 0.437. The molecule has 27 heavy (non-hydrogen) atoms. The van der Waals surface area contributed by atoms with Crippen molar-refractivity contribution in [2.24, 2.45) is 11.3 Å². The lowest BCUT2D eigenvalue weighted by molar-refractivity contribution is 0.394. The van der Waals surface area contributed by atoms with Crippen LogP contribution >= 0.6 is 11.3 Å². The van der Waals surface area contributed by atoms with Crippen molar-refractivity contribution >= 4 is 11.3 Å². The second kappa shape index (κ2) is 5.58. The third-order valence-electron chi connectivity index (χ3n) is 6.29. The van der Waals surface area contributed by atoms with Gasteiger partial charge in [0.1, 0.15) is 11.5 Å². The molecule has 5 nitrogen and oxygen atoms in total. The Balaban J connectivity index is 1.53. The minimum atomic E-state index is 0.437. The Labute approximate surface area is 162 Å². The van der Waals surface area contributed by atoms with Crippen LogP contribution in [0.5, 0.6) is 11.5 Å². The fourth-order valence-electron chi connectivity index (χ4n) is 4.71. The van der Waals surface area contributed by atoms with Crippen LogP contribution in [0.3, 0.4) is 0 Å². The fourth-order valence-corrected chi connectivity index (χ4v) is 5.87. The highest BCUT2D eigenvalue weighted by Crippen LogP contribution is 2.72. The number of hydrogen-bond acceptors (Lipinski definition) is 6. The van der Waals surface area contributed by atoms with Gasteiger partial charge in [-0.3, -0.25) is 0 Å². The van der Waals surface area contributed by atoms with Gasteiger partial charge in [-0.2, -0.15) is 4.98 Å². The first kappa shape index (κ1) is 16.8. The van der Waals surface area contributed by atoms with Crippen molar-refractivity contribution in [2.45, 2.75) is 33.1 Å². The van der Waals surface area contributed by atoms with Crippen LogP contribution in [0.2, 0.25) is 0 Å². The Kier molecular flexibility index (Phi) is 3.47. The van der Waals surface area contributed by atoms with Crippen LogP contribution in [0.4, 0.5) is 0 Å². The topological polar surface area (TPSA) is 57.4 Å². The molecular formula is C21H22N2O3S. The van der Waals surface area contributed by atoms with Crippen molar-refractivity contribution in [3.05, 3.63) is 34.2 Å². The number of fused-ring (bicyclic) bond motifs is 3. The van der Waals surface area contributed by atoms with E-state index in [9.17, 15) is 0 Å². The number of rotatable bonds is 4. The van der Waals surface area contributed by atoms with E-state index in [1.54, 1.807) is 25.6 Å². The number of methoxy groups -OCH3 is 2. The van der Waals surface area contributed by atoms with Crippen LogP contribution < -0.4 is 9.47 Å². The highest BCUT2D eigenvalue weighted by Gasteiger charge is 2.63. The molecule has 0 radical (unpaired) electrons. The standard InChI is InChI=1S/C21H22N2O3S/c1-10-16-13(9-14-17(16)21(14,2)3)18(27-10)20-22-19(23-26-20)12-7-6-11(24-4)8-15(12)25-5/h6-8,14,17H,9H2,1-5H3/t14-,17-/m1/s1. The SMILES string of the molecule is COc1ccc(-c2noc(-c3sc(C)c4c3C[C@@H]3[C@H]4C3(C)C)n2)c(OC)c1. The number of benzene rings is 1. The molecule has 0 amide bonds. The average Bonchev–Trinajstić information content (AvgIpc) is 3.17. The van der Waals surface area contributed by atoms with E-state index < -0.39 is 0 Å². The van der Waals surface area contributed by atoms with Crippen LogP contribution in [-0.4, -0.2) is 24.4 Å². The summed E-state index contributed by atoms with van der Waals surface area (Å²) in [6.45, 7) is 6.97. The van der Waals surface area contributed by atoms with Gasteiger partial charge in [-0.05, 0) is 53.9 Å². The van der Waals surface area contributed by atoms with Gasteiger partial charge < -0.3 is 14.0 Å². The van der Waals surface area contributed by atoms with E-state index in [0.717, 1.165) is 28.5 Å². The van der Waals surface area contributed by atoms with E-state index in [-0.39, 0.29) is 0 Å². The number of ether oxygens (including phenoxy) is 2. The molecule has 0 spiro atoms. The number of aryl methyl sites for hydroxylation is 1. The summed E-state index contributed by atoms with van der Waals surface area (Å²) in [5.41, 5.74) is 4.18. The maximum atomic E-state index is 5.66. The lowest BCUT2D eigenvalue weighted by Gasteiger charge is -2.09. The van der Waals surface area contributed by atoms with E-state index in [1.165, 1.54) is 16.0 Å².